The Morgan fingerprint density at radius 2 is 1.61 bits per heavy atom. The van der Waals surface area contributed by atoms with Crippen LogP contribution in [0.15, 0.2) is 11.6 Å². The summed E-state index contributed by atoms with van der Waals surface area (Å²) in [5.74, 6) is 0.246. The molecule has 1 amide bonds. The van der Waals surface area contributed by atoms with E-state index in [4.69, 9.17) is 0 Å². The molecule has 1 heterocycles. The topological polar surface area (TPSA) is 23.6 Å². The first-order chi connectivity index (χ1) is 11.2. The summed E-state index contributed by atoms with van der Waals surface area (Å²) in [6.45, 7) is 11.1. The van der Waals surface area contributed by atoms with E-state index in [1.165, 1.54) is 51.4 Å². The van der Waals surface area contributed by atoms with Crippen molar-refractivity contribution in [2.24, 2.45) is 0 Å². The van der Waals surface area contributed by atoms with Gasteiger partial charge < -0.3 is 4.90 Å². The Balaban J connectivity index is 2.17. The van der Waals surface area contributed by atoms with E-state index < -0.39 is 0 Å². The van der Waals surface area contributed by atoms with Crippen molar-refractivity contribution >= 4 is 5.91 Å². The molecule has 0 saturated carbocycles. The molecule has 0 N–H and O–H groups in total. The van der Waals surface area contributed by atoms with Crippen molar-refractivity contribution < 1.29 is 4.79 Å². The van der Waals surface area contributed by atoms with Gasteiger partial charge in [-0.15, -0.1) is 0 Å². The molecular weight excluding hydrogens is 284 g/mol. The van der Waals surface area contributed by atoms with E-state index in [1.54, 1.807) is 0 Å². The number of hydrogen-bond donors (Lipinski definition) is 0. The summed E-state index contributed by atoms with van der Waals surface area (Å²) in [4.78, 5) is 16.8. The van der Waals surface area contributed by atoms with Crippen LogP contribution in [0.4, 0.5) is 0 Å². The van der Waals surface area contributed by atoms with Gasteiger partial charge in [-0.2, -0.15) is 0 Å². The molecule has 134 valence electrons. The third-order valence-electron chi connectivity index (χ3n) is 4.88. The third kappa shape index (κ3) is 8.01. The van der Waals surface area contributed by atoms with E-state index in [-0.39, 0.29) is 5.91 Å². The molecule has 0 radical (unpaired) electrons. The molecule has 3 nitrogen and oxygen atoms in total. The molecule has 0 spiro atoms. The molecule has 23 heavy (non-hydrogen) atoms. The van der Waals surface area contributed by atoms with Crippen molar-refractivity contribution in [2.45, 2.75) is 78.6 Å². The van der Waals surface area contributed by atoms with Crippen molar-refractivity contribution in [3.05, 3.63) is 11.6 Å². The smallest absolute Gasteiger partial charge is 0.250 e. The molecule has 0 fully saturated rings. The lowest BCUT2D eigenvalue weighted by Gasteiger charge is -2.29. The third-order valence-corrected chi connectivity index (χ3v) is 4.88. The van der Waals surface area contributed by atoms with E-state index in [9.17, 15) is 4.79 Å². The molecule has 1 aliphatic heterocycles. The lowest BCUT2D eigenvalue weighted by atomic mass is 10.1. The van der Waals surface area contributed by atoms with Gasteiger partial charge in [0.1, 0.15) is 0 Å². The maximum atomic E-state index is 12.4. The van der Waals surface area contributed by atoms with Crippen LogP contribution in [0, 0.1) is 0 Å². The van der Waals surface area contributed by atoms with Gasteiger partial charge in [-0.1, -0.05) is 57.9 Å². The Hall–Kier alpha value is -0.830. The molecule has 0 atom stereocenters. The number of carbonyl (C=O) groups is 1. The van der Waals surface area contributed by atoms with Crippen LogP contribution in [0.1, 0.15) is 78.6 Å². The van der Waals surface area contributed by atoms with Crippen LogP contribution in [0.2, 0.25) is 0 Å². The van der Waals surface area contributed by atoms with E-state index in [1.807, 2.05) is 4.90 Å². The van der Waals surface area contributed by atoms with Crippen LogP contribution in [-0.4, -0.2) is 48.4 Å². The van der Waals surface area contributed by atoms with Crippen molar-refractivity contribution in [2.75, 3.05) is 32.7 Å². The summed E-state index contributed by atoms with van der Waals surface area (Å²) in [6, 6.07) is 0. The fraction of sp³-hybridized carbons (Fsp3) is 0.850. The van der Waals surface area contributed by atoms with E-state index >= 15 is 0 Å². The summed E-state index contributed by atoms with van der Waals surface area (Å²) < 4.78 is 0. The Morgan fingerprint density at radius 1 is 1.00 bits per heavy atom. The quantitative estimate of drug-likeness (QED) is 0.489. The minimum atomic E-state index is 0.246. The number of unbranched alkanes of at least 4 members (excludes halogenated alkanes) is 7. The molecule has 0 unspecified atom stereocenters. The first-order valence-corrected chi connectivity index (χ1v) is 9.93. The molecule has 0 aromatic rings. The van der Waals surface area contributed by atoms with Gasteiger partial charge in [-0.05, 0) is 33.2 Å². The maximum Gasteiger partial charge on any atom is 0.250 e. The van der Waals surface area contributed by atoms with Gasteiger partial charge in [-0.3, -0.25) is 9.69 Å². The summed E-state index contributed by atoms with van der Waals surface area (Å²) in [5.41, 5.74) is 1.01. The fourth-order valence-corrected chi connectivity index (χ4v) is 3.33. The molecule has 1 aliphatic rings. The second-order valence-corrected chi connectivity index (χ2v) is 6.75. The Bertz CT molecular complexity index is 348. The average molecular weight is 323 g/mol. The molecular formula is C20H38N2O. The summed E-state index contributed by atoms with van der Waals surface area (Å²) in [5, 5.41) is 0. The lowest BCUT2D eigenvalue weighted by molar-refractivity contribution is -0.127. The number of likely N-dealkylation sites (N-methyl/N-ethyl adjacent to an activating group) is 1. The summed E-state index contributed by atoms with van der Waals surface area (Å²) in [7, 11) is 0. The highest BCUT2D eigenvalue weighted by molar-refractivity contribution is 5.94. The van der Waals surface area contributed by atoms with Crippen LogP contribution in [-0.2, 0) is 4.79 Å². The Kier molecular flexibility index (Phi) is 11.1. The van der Waals surface area contributed by atoms with Crippen molar-refractivity contribution in [1.82, 2.24) is 9.80 Å². The fourth-order valence-electron chi connectivity index (χ4n) is 3.33. The summed E-state index contributed by atoms with van der Waals surface area (Å²) >= 11 is 0. The van der Waals surface area contributed by atoms with Gasteiger partial charge in [0.15, 0.2) is 0 Å². The van der Waals surface area contributed by atoms with Crippen molar-refractivity contribution in [3.8, 4) is 0 Å². The highest BCUT2D eigenvalue weighted by atomic mass is 16.2. The average Bonchev–Trinajstić information content (AvgIpc) is 2.58. The molecule has 0 bridgehead atoms. The van der Waals surface area contributed by atoms with Gasteiger partial charge in [-0.25, -0.2) is 0 Å². The maximum absolute atomic E-state index is 12.4. The molecule has 0 aromatic heterocycles. The Labute approximate surface area is 144 Å². The van der Waals surface area contributed by atoms with E-state index in [2.05, 4.69) is 31.7 Å². The zero-order valence-corrected chi connectivity index (χ0v) is 15.8. The lowest BCUT2D eigenvalue weighted by Crippen LogP contribution is -2.39. The standard InChI is InChI=1S/C20H38N2O/c1-4-7-8-9-10-11-12-13-16-21-17-14-15-19(18-21)20(23)22(5-2)6-3/h15H,4-14,16-18H2,1-3H3. The predicted molar refractivity (Wildman–Crippen MR) is 99.7 cm³/mol. The molecule has 0 saturated heterocycles. The highest BCUT2D eigenvalue weighted by Gasteiger charge is 2.20. The predicted octanol–water partition coefficient (Wildman–Crippen LogP) is 4.63. The first-order valence-electron chi connectivity index (χ1n) is 9.93. The van der Waals surface area contributed by atoms with Gasteiger partial charge in [0.25, 0.3) is 5.91 Å². The van der Waals surface area contributed by atoms with E-state index in [0.29, 0.717) is 0 Å². The van der Waals surface area contributed by atoms with Crippen molar-refractivity contribution in [1.29, 1.82) is 0 Å². The van der Waals surface area contributed by atoms with Crippen molar-refractivity contribution in [3.63, 3.8) is 0 Å². The number of carbonyl (C=O) groups excluding carboxylic acids is 1. The molecule has 0 aromatic carbocycles. The summed E-state index contributed by atoms with van der Waals surface area (Å²) in [6.07, 6.45) is 14.1. The molecule has 3 heteroatoms. The van der Waals surface area contributed by atoms with Crippen LogP contribution >= 0.6 is 0 Å². The second kappa shape index (κ2) is 12.6. The van der Waals surface area contributed by atoms with Gasteiger partial charge in [0, 0.05) is 31.8 Å². The van der Waals surface area contributed by atoms with Gasteiger partial charge in [0.05, 0.1) is 0 Å². The van der Waals surface area contributed by atoms with Crippen LogP contribution < -0.4 is 0 Å². The normalized spacial score (nSPS) is 15.5. The number of nitrogens with zero attached hydrogens (tertiary/aromatic N) is 2. The van der Waals surface area contributed by atoms with Gasteiger partial charge in [0.2, 0.25) is 0 Å². The number of rotatable bonds is 12. The monoisotopic (exact) mass is 322 g/mol. The highest BCUT2D eigenvalue weighted by Crippen LogP contribution is 2.14. The molecule has 0 aliphatic carbocycles. The second-order valence-electron chi connectivity index (χ2n) is 6.75. The minimum absolute atomic E-state index is 0.246. The van der Waals surface area contributed by atoms with E-state index in [0.717, 1.165) is 44.7 Å². The first kappa shape index (κ1) is 20.2. The molecule has 1 rings (SSSR count). The van der Waals surface area contributed by atoms with Gasteiger partial charge >= 0.3 is 0 Å². The van der Waals surface area contributed by atoms with Crippen LogP contribution in [0.3, 0.4) is 0 Å². The minimum Gasteiger partial charge on any atom is -0.339 e. The van der Waals surface area contributed by atoms with Crippen LogP contribution in [0.25, 0.3) is 0 Å². The zero-order chi connectivity index (χ0) is 16.9. The SMILES string of the molecule is CCCCCCCCCCN1CCC=C(C(=O)N(CC)CC)C1. The number of amides is 1. The number of hydrogen-bond acceptors (Lipinski definition) is 2. The Morgan fingerprint density at radius 3 is 2.22 bits per heavy atom. The zero-order valence-electron chi connectivity index (χ0n) is 15.8. The van der Waals surface area contributed by atoms with Crippen LogP contribution in [0.5, 0.6) is 0 Å². The largest absolute Gasteiger partial charge is 0.339 e.